The number of carbonyl (C=O) groups excluding carboxylic acids is 1. The van der Waals surface area contributed by atoms with Crippen LogP contribution >= 0.6 is 0 Å². The van der Waals surface area contributed by atoms with Gasteiger partial charge in [0.05, 0.1) is 5.92 Å². The Labute approximate surface area is 115 Å². The Morgan fingerprint density at radius 2 is 2.00 bits per heavy atom. The third kappa shape index (κ3) is 2.52. The SMILES string of the molecule is CCC1C(=O)Nc2c1cc(CCCCN)c(C)c2C. The van der Waals surface area contributed by atoms with Crippen molar-refractivity contribution in [3.63, 3.8) is 0 Å². The van der Waals surface area contributed by atoms with Gasteiger partial charge in [0.25, 0.3) is 0 Å². The fourth-order valence-corrected chi connectivity index (χ4v) is 2.93. The third-order valence-corrected chi connectivity index (χ3v) is 4.29. The third-order valence-electron chi connectivity index (χ3n) is 4.29. The highest BCUT2D eigenvalue weighted by molar-refractivity contribution is 6.04. The quantitative estimate of drug-likeness (QED) is 0.800. The summed E-state index contributed by atoms with van der Waals surface area (Å²) in [6.45, 7) is 7.08. The summed E-state index contributed by atoms with van der Waals surface area (Å²) in [4.78, 5) is 12.0. The molecule has 0 bridgehead atoms. The number of nitrogens with one attached hydrogen (secondary N) is 1. The first kappa shape index (κ1) is 14.1. The number of nitrogens with two attached hydrogens (primary N) is 1. The molecule has 1 unspecified atom stereocenters. The highest BCUT2D eigenvalue weighted by Gasteiger charge is 2.31. The van der Waals surface area contributed by atoms with Crippen LogP contribution in [0.1, 0.15) is 54.4 Å². The minimum Gasteiger partial charge on any atom is -0.330 e. The molecule has 104 valence electrons. The van der Waals surface area contributed by atoms with Crippen molar-refractivity contribution in [3.05, 3.63) is 28.3 Å². The highest BCUT2D eigenvalue weighted by Crippen LogP contribution is 2.39. The van der Waals surface area contributed by atoms with E-state index in [2.05, 4.69) is 32.2 Å². The van der Waals surface area contributed by atoms with Gasteiger partial charge in [-0.15, -0.1) is 0 Å². The summed E-state index contributed by atoms with van der Waals surface area (Å²) in [7, 11) is 0. The van der Waals surface area contributed by atoms with Crippen LogP contribution in [0.25, 0.3) is 0 Å². The molecular weight excluding hydrogens is 236 g/mol. The number of fused-ring (bicyclic) bond motifs is 1. The Morgan fingerprint density at radius 3 is 2.63 bits per heavy atom. The Bertz CT molecular complexity index is 494. The van der Waals surface area contributed by atoms with Crippen LogP contribution in [-0.4, -0.2) is 12.5 Å². The second kappa shape index (κ2) is 5.74. The van der Waals surface area contributed by atoms with E-state index in [-0.39, 0.29) is 11.8 Å². The van der Waals surface area contributed by atoms with Crippen molar-refractivity contribution in [2.24, 2.45) is 5.73 Å². The summed E-state index contributed by atoms with van der Waals surface area (Å²) < 4.78 is 0. The molecule has 1 aliphatic rings. The predicted octanol–water partition coefficient (Wildman–Crippen LogP) is 3.03. The molecule has 1 atom stereocenters. The van der Waals surface area contributed by atoms with Gasteiger partial charge in [0.15, 0.2) is 0 Å². The zero-order valence-corrected chi connectivity index (χ0v) is 12.2. The molecule has 0 fully saturated rings. The van der Waals surface area contributed by atoms with Gasteiger partial charge in [-0.3, -0.25) is 4.79 Å². The van der Waals surface area contributed by atoms with Crippen LogP contribution in [0.3, 0.4) is 0 Å². The van der Waals surface area contributed by atoms with E-state index in [4.69, 9.17) is 5.73 Å². The van der Waals surface area contributed by atoms with Crippen molar-refractivity contribution in [1.29, 1.82) is 0 Å². The molecule has 1 amide bonds. The number of unbranched alkanes of at least 4 members (excludes halogenated alkanes) is 1. The first-order valence-electron chi connectivity index (χ1n) is 7.24. The molecule has 3 heteroatoms. The zero-order chi connectivity index (χ0) is 14.0. The van der Waals surface area contributed by atoms with E-state index in [1.165, 1.54) is 22.3 Å². The Morgan fingerprint density at radius 1 is 1.26 bits per heavy atom. The second-order valence-corrected chi connectivity index (χ2v) is 5.45. The van der Waals surface area contributed by atoms with Gasteiger partial charge in [0, 0.05) is 5.69 Å². The first-order valence-corrected chi connectivity index (χ1v) is 7.24. The summed E-state index contributed by atoms with van der Waals surface area (Å²) in [5.41, 5.74) is 11.7. The largest absolute Gasteiger partial charge is 0.330 e. The fraction of sp³-hybridized carbons (Fsp3) is 0.562. The van der Waals surface area contributed by atoms with Crippen molar-refractivity contribution < 1.29 is 4.79 Å². The topological polar surface area (TPSA) is 55.1 Å². The van der Waals surface area contributed by atoms with Crippen LogP contribution in [0.2, 0.25) is 0 Å². The molecule has 0 radical (unpaired) electrons. The average Bonchev–Trinajstić information content (AvgIpc) is 2.71. The second-order valence-electron chi connectivity index (χ2n) is 5.45. The molecule has 2 rings (SSSR count). The van der Waals surface area contributed by atoms with Crippen molar-refractivity contribution in [2.45, 2.75) is 52.4 Å². The molecule has 19 heavy (non-hydrogen) atoms. The molecule has 3 nitrogen and oxygen atoms in total. The summed E-state index contributed by atoms with van der Waals surface area (Å²) in [5, 5.41) is 3.04. The van der Waals surface area contributed by atoms with Crippen LogP contribution in [0.15, 0.2) is 6.07 Å². The van der Waals surface area contributed by atoms with Gasteiger partial charge in [0.1, 0.15) is 0 Å². The van der Waals surface area contributed by atoms with Gasteiger partial charge < -0.3 is 11.1 Å². The predicted molar refractivity (Wildman–Crippen MR) is 79.6 cm³/mol. The van der Waals surface area contributed by atoms with E-state index < -0.39 is 0 Å². The van der Waals surface area contributed by atoms with Crippen LogP contribution in [0.5, 0.6) is 0 Å². The number of anilines is 1. The Hall–Kier alpha value is -1.35. The van der Waals surface area contributed by atoms with Crippen molar-refractivity contribution in [1.82, 2.24) is 0 Å². The Kier molecular flexibility index (Phi) is 4.25. The lowest BCUT2D eigenvalue weighted by Crippen LogP contribution is -2.10. The average molecular weight is 260 g/mol. The monoisotopic (exact) mass is 260 g/mol. The molecule has 0 aromatic heterocycles. The summed E-state index contributed by atoms with van der Waals surface area (Å²) in [6, 6.07) is 2.24. The number of rotatable bonds is 5. The first-order chi connectivity index (χ1) is 9.10. The van der Waals surface area contributed by atoms with E-state index in [0.29, 0.717) is 0 Å². The normalized spacial score (nSPS) is 17.5. The maximum Gasteiger partial charge on any atom is 0.232 e. The van der Waals surface area contributed by atoms with E-state index in [1.54, 1.807) is 0 Å². The molecule has 3 N–H and O–H groups in total. The Balaban J connectivity index is 2.36. The van der Waals surface area contributed by atoms with Gasteiger partial charge in [0.2, 0.25) is 5.91 Å². The van der Waals surface area contributed by atoms with E-state index >= 15 is 0 Å². The number of aryl methyl sites for hydroxylation is 1. The van der Waals surface area contributed by atoms with E-state index in [9.17, 15) is 4.79 Å². The molecule has 0 spiro atoms. The molecule has 0 aliphatic carbocycles. The van der Waals surface area contributed by atoms with Crippen molar-refractivity contribution in [3.8, 4) is 0 Å². The fourth-order valence-electron chi connectivity index (χ4n) is 2.93. The lowest BCUT2D eigenvalue weighted by atomic mass is 9.89. The molecule has 0 saturated heterocycles. The summed E-state index contributed by atoms with van der Waals surface area (Å²) >= 11 is 0. The number of benzene rings is 1. The van der Waals surface area contributed by atoms with Gasteiger partial charge in [-0.1, -0.05) is 13.0 Å². The lowest BCUT2D eigenvalue weighted by molar-refractivity contribution is -0.117. The van der Waals surface area contributed by atoms with Crippen LogP contribution < -0.4 is 11.1 Å². The van der Waals surface area contributed by atoms with Gasteiger partial charge in [-0.25, -0.2) is 0 Å². The molecule has 1 heterocycles. The minimum absolute atomic E-state index is 0.0301. The van der Waals surface area contributed by atoms with E-state index in [1.807, 2.05) is 0 Å². The van der Waals surface area contributed by atoms with Crippen molar-refractivity contribution in [2.75, 3.05) is 11.9 Å². The number of hydrogen-bond donors (Lipinski definition) is 2. The van der Waals surface area contributed by atoms with Crippen LogP contribution in [0.4, 0.5) is 5.69 Å². The molecular formula is C16H24N2O. The van der Waals surface area contributed by atoms with E-state index in [0.717, 1.165) is 37.9 Å². The van der Waals surface area contributed by atoms with Crippen molar-refractivity contribution >= 4 is 11.6 Å². The zero-order valence-electron chi connectivity index (χ0n) is 12.2. The van der Waals surface area contributed by atoms with Crippen LogP contribution in [-0.2, 0) is 11.2 Å². The molecule has 1 aromatic carbocycles. The minimum atomic E-state index is 0.0301. The molecule has 1 aromatic rings. The van der Waals surface area contributed by atoms with Gasteiger partial charge >= 0.3 is 0 Å². The summed E-state index contributed by atoms with van der Waals surface area (Å²) in [5.74, 6) is 0.182. The lowest BCUT2D eigenvalue weighted by Gasteiger charge is -2.14. The molecule has 1 aliphatic heterocycles. The number of hydrogen-bond acceptors (Lipinski definition) is 2. The highest BCUT2D eigenvalue weighted by atomic mass is 16.2. The van der Waals surface area contributed by atoms with Crippen LogP contribution in [0, 0.1) is 13.8 Å². The maximum absolute atomic E-state index is 12.0. The smallest absolute Gasteiger partial charge is 0.232 e. The standard InChI is InChI=1S/C16H24N2O/c1-4-13-14-9-12(7-5-6-8-17)10(2)11(3)15(14)18-16(13)19/h9,13H,4-8,17H2,1-3H3,(H,18,19). The van der Waals surface area contributed by atoms with Gasteiger partial charge in [-0.2, -0.15) is 0 Å². The number of carbonyl (C=O) groups is 1. The summed E-state index contributed by atoms with van der Waals surface area (Å²) in [6.07, 6.45) is 4.10. The van der Waals surface area contributed by atoms with Gasteiger partial charge in [-0.05, 0) is 68.3 Å². The maximum atomic E-state index is 12.0. The number of amides is 1. The molecule has 0 saturated carbocycles.